The Morgan fingerprint density at radius 2 is 1.84 bits per heavy atom. The molecule has 2 aromatic carbocycles. The fourth-order valence-corrected chi connectivity index (χ4v) is 3.64. The van der Waals surface area contributed by atoms with Crippen molar-refractivity contribution in [2.24, 2.45) is 0 Å². The van der Waals surface area contributed by atoms with E-state index in [1.54, 1.807) is 43.3 Å². The number of fused-ring (bicyclic) bond motifs is 1. The van der Waals surface area contributed by atoms with Gasteiger partial charge < -0.3 is 29.6 Å². The predicted octanol–water partition coefficient (Wildman–Crippen LogP) is 1.88. The largest absolute Gasteiger partial charge is 0.497 e. The maximum atomic E-state index is 13.2. The lowest BCUT2D eigenvalue weighted by molar-refractivity contribution is -0.133. The van der Waals surface area contributed by atoms with Crippen LogP contribution in [0, 0.1) is 0 Å². The average molecular weight is 441 g/mol. The molecule has 1 unspecified atom stereocenters. The standard InChI is InChI=1S/C22H23N3O7/c1-22(13-4-6-17-18(10-13)32-9-8-31-17)20(27)25(21(28)24-22)12-19(26)23-15-11-14(29-2)5-7-16(15)30-3/h4-7,10-11H,8-9,12H2,1-3H3,(H,23,26)(H,24,28). The molecule has 2 aromatic rings. The van der Waals surface area contributed by atoms with Crippen molar-refractivity contribution in [1.82, 2.24) is 10.2 Å². The smallest absolute Gasteiger partial charge is 0.325 e. The molecule has 10 heteroatoms. The number of urea groups is 1. The Morgan fingerprint density at radius 3 is 2.56 bits per heavy atom. The van der Waals surface area contributed by atoms with Crippen LogP contribution < -0.4 is 29.6 Å². The maximum Gasteiger partial charge on any atom is 0.325 e. The first-order valence-corrected chi connectivity index (χ1v) is 9.92. The Balaban J connectivity index is 1.51. The van der Waals surface area contributed by atoms with Gasteiger partial charge in [0.25, 0.3) is 5.91 Å². The summed E-state index contributed by atoms with van der Waals surface area (Å²) >= 11 is 0. The third-order valence-corrected chi connectivity index (χ3v) is 5.38. The topological polar surface area (TPSA) is 115 Å². The molecule has 32 heavy (non-hydrogen) atoms. The summed E-state index contributed by atoms with van der Waals surface area (Å²) in [7, 11) is 2.97. The number of imide groups is 1. The SMILES string of the molecule is COc1ccc(OC)c(NC(=O)CN2C(=O)NC(C)(c3ccc4c(c3)OCCO4)C2=O)c1. The summed E-state index contributed by atoms with van der Waals surface area (Å²) in [5.41, 5.74) is -0.461. The minimum Gasteiger partial charge on any atom is -0.497 e. The summed E-state index contributed by atoms with van der Waals surface area (Å²) < 4.78 is 21.5. The molecule has 1 fully saturated rings. The molecule has 10 nitrogen and oxygen atoms in total. The molecule has 2 aliphatic rings. The van der Waals surface area contributed by atoms with Crippen LogP contribution in [0.15, 0.2) is 36.4 Å². The van der Waals surface area contributed by atoms with Crippen molar-refractivity contribution in [2.45, 2.75) is 12.5 Å². The number of hydrogen-bond donors (Lipinski definition) is 2. The number of nitrogens with one attached hydrogen (secondary N) is 2. The van der Waals surface area contributed by atoms with E-state index in [1.165, 1.54) is 14.2 Å². The third-order valence-electron chi connectivity index (χ3n) is 5.38. The fraction of sp³-hybridized carbons (Fsp3) is 0.318. The van der Waals surface area contributed by atoms with Gasteiger partial charge in [-0.2, -0.15) is 0 Å². The Labute approximate surface area is 184 Å². The monoisotopic (exact) mass is 441 g/mol. The molecule has 0 aromatic heterocycles. The second-order valence-corrected chi connectivity index (χ2v) is 7.42. The van der Waals surface area contributed by atoms with Crippen LogP contribution in [-0.4, -0.2) is 56.7 Å². The molecular formula is C22H23N3O7. The highest BCUT2D eigenvalue weighted by molar-refractivity contribution is 6.10. The van der Waals surface area contributed by atoms with E-state index in [0.717, 1.165) is 4.90 Å². The zero-order valence-electron chi connectivity index (χ0n) is 17.9. The lowest BCUT2D eigenvalue weighted by atomic mass is 9.91. The molecule has 4 rings (SSSR count). The molecule has 4 amide bonds. The predicted molar refractivity (Wildman–Crippen MR) is 113 cm³/mol. The number of hydrogen-bond acceptors (Lipinski definition) is 7. The Morgan fingerprint density at radius 1 is 1.09 bits per heavy atom. The summed E-state index contributed by atoms with van der Waals surface area (Å²) in [5.74, 6) is 0.889. The molecule has 1 atom stereocenters. The summed E-state index contributed by atoms with van der Waals surface area (Å²) in [6, 6.07) is 9.29. The number of anilines is 1. The first kappa shape index (κ1) is 21.3. The molecule has 0 saturated carbocycles. The molecule has 0 spiro atoms. The summed E-state index contributed by atoms with van der Waals surface area (Å²) in [4.78, 5) is 39.3. The van der Waals surface area contributed by atoms with Gasteiger partial charge in [-0.25, -0.2) is 4.79 Å². The second kappa shape index (κ2) is 8.29. The van der Waals surface area contributed by atoms with Gasteiger partial charge in [0.15, 0.2) is 11.5 Å². The number of methoxy groups -OCH3 is 2. The van der Waals surface area contributed by atoms with Crippen LogP contribution >= 0.6 is 0 Å². The van der Waals surface area contributed by atoms with Crippen molar-refractivity contribution in [3.8, 4) is 23.0 Å². The average Bonchev–Trinajstić information content (AvgIpc) is 3.02. The van der Waals surface area contributed by atoms with Gasteiger partial charge in [0.1, 0.15) is 36.8 Å². The van der Waals surface area contributed by atoms with E-state index in [1.807, 2.05) is 0 Å². The van der Waals surface area contributed by atoms with Crippen LogP contribution in [0.5, 0.6) is 23.0 Å². The Bertz CT molecular complexity index is 1090. The van der Waals surface area contributed by atoms with Crippen molar-refractivity contribution < 1.29 is 33.3 Å². The van der Waals surface area contributed by atoms with Gasteiger partial charge in [-0.3, -0.25) is 14.5 Å². The summed E-state index contributed by atoms with van der Waals surface area (Å²) in [5, 5.41) is 5.34. The minimum absolute atomic E-state index is 0.360. The number of carbonyl (C=O) groups is 3. The van der Waals surface area contributed by atoms with Crippen molar-refractivity contribution in [2.75, 3.05) is 39.3 Å². The highest BCUT2D eigenvalue weighted by atomic mass is 16.6. The molecule has 1 saturated heterocycles. The lowest BCUT2D eigenvalue weighted by Crippen LogP contribution is -2.42. The molecule has 0 radical (unpaired) electrons. The van der Waals surface area contributed by atoms with Crippen molar-refractivity contribution >= 4 is 23.5 Å². The van der Waals surface area contributed by atoms with E-state index < -0.39 is 29.9 Å². The molecule has 0 aliphatic carbocycles. The Kier molecular flexibility index (Phi) is 5.52. The van der Waals surface area contributed by atoms with Gasteiger partial charge in [-0.15, -0.1) is 0 Å². The number of benzene rings is 2. The molecule has 0 bridgehead atoms. The zero-order chi connectivity index (χ0) is 22.9. The summed E-state index contributed by atoms with van der Waals surface area (Å²) in [6.07, 6.45) is 0. The van der Waals surface area contributed by atoms with Crippen molar-refractivity contribution in [3.63, 3.8) is 0 Å². The normalized spacial score (nSPS) is 19.4. The van der Waals surface area contributed by atoms with E-state index in [4.69, 9.17) is 18.9 Å². The lowest BCUT2D eigenvalue weighted by Gasteiger charge is -2.25. The molecular weight excluding hydrogens is 418 g/mol. The van der Waals surface area contributed by atoms with Crippen LogP contribution in [-0.2, 0) is 15.1 Å². The number of nitrogens with zero attached hydrogens (tertiary/aromatic N) is 1. The molecule has 168 valence electrons. The quantitative estimate of drug-likeness (QED) is 0.658. The van der Waals surface area contributed by atoms with E-state index >= 15 is 0 Å². The van der Waals surface area contributed by atoms with Crippen LogP contribution in [0.1, 0.15) is 12.5 Å². The number of ether oxygens (including phenoxy) is 4. The fourth-order valence-electron chi connectivity index (χ4n) is 3.64. The van der Waals surface area contributed by atoms with Crippen LogP contribution in [0.25, 0.3) is 0 Å². The van der Waals surface area contributed by atoms with Gasteiger partial charge in [-0.05, 0) is 36.8 Å². The van der Waals surface area contributed by atoms with E-state index in [9.17, 15) is 14.4 Å². The van der Waals surface area contributed by atoms with Gasteiger partial charge in [0.2, 0.25) is 5.91 Å². The number of rotatable bonds is 6. The van der Waals surface area contributed by atoms with E-state index in [-0.39, 0.29) is 0 Å². The third kappa shape index (κ3) is 3.75. The number of carbonyl (C=O) groups excluding carboxylic acids is 3. The van der Waals surface area contributed by atoms with E-state index in [0.29, 0.717) is 47.5 Å². The highest BCUT2D eigenvalue weighted by Gasteiger charge is 2.49. The van der Waals surface area contributed by atoms with Gasteiger partial charge in [0.05, 0.1) is 19.9 Å². The van der Waals surface area contributed by atoms with Crippen LogP contribution in [0.2, 0.25) is 0 Å². The van der Waals surface area contributed by atoms with Gasteiger partial charge >= 0.3 is 6.03 Å². The molecule has 2 heterocycles. The first-order valence-electron chi connectivity index (χ1n) is 9.92. The second-order valence-electron chi connectivity index (χ2n) is 7.42. The van der Waals surface area contributed by atoms with Crippen LogP contribution in [0.3, 0.4) is 0 Å². The first-order chi connectivity index (χ1) is 15.4. The van der Waals surface area contributed by atoms with Gasteiger partial charge in [0, 0.05) is 6.07 Å². The van der Waals surface area contributed by atoms with Crippen molar-refractivity contribution in [3.05, 3.63) is 42.0 Å². The zero-order valence-corrected chi connectivity index (χ0v) is 17.9. The van der Waals surface area contributed by atoms with Gasteiger partial charge in [-0.1, -0.05) is 6.07 Å². The van der Waals surface area contributed by atoms with Crippen LogP contribution in [0.4, 0.5) is 10.5 Å². The number of amides is 4. The minimum atomic E-state index is -1.35. The highest BCUT2D eigenvalue weighted by Crippen LogP contribution is 2.37. The van der Waals surface area contributed by atoms with E-state index in [2.05, 4.69) is 10.6 Å². The molecule has 2 aliphatic heterocycles. The molecule has 2 N–H and O–H groups in total. The van der Waals surface area contributed by atoms with Crippen molar-refractivity contribution in [1.29, 1.82) is 0 Å². The summed E-state index contributed by atoms with van der Waals surface area (Å²) in [6.45, 7) is 1.96. The maximum absolute atomic E-state index is 13.2. The Hall–Kier alpha value is -3.95.